The molecule has 0 bridgehead atoms. The lowest BCUT2D eigenvalue weighted by Gasteiger charge is -2.15. The van der Waals surface area contributed by atoms with Crippen molar-refractivity contribution in [3.63, 3.8) is 0 Å². The molecule has 0 N–H and O–H groups in total. The zero-order chi connectivity index (χ0) is 11.5. The van der Waals surface area contributed by atoms with Gasteiger partial charge in [-0.15, -0.1) is 0 Å². The fraction of sp³-hybridized carbons (Fsp3) is 0.444. The van der Waals surface area contributed by atoms with Gasteiger partial charge in [-0.3, -0.25) is 4.79 Å². The highest BCUT2D eigenvalue weighted by atomic mass is 32.2. The van der Waals surface area contributed by atoms with Crippen molar-refractivity contribution in [1.82, 2.24) is 4.31 Å². The lowest BCUT2D eigenvalue weighted by atomic mass is 10.5. The molecule has 1 rings (SSSR count). The van der Waals surface area contributed by atoms with Crippen LogP contribution in [0.4, 0.5) is 0 Å². The average molecular weight is 231 g/mol. The molecule has 1 heterocycles. The van der Waals surface area contributed by atoms with E-state index in [9.17, 15) is 13.2 Å². The zero-order valence-electron chi connectivity index (χ0n) is 8.63. The van der Waals surface area contributed by atoms with Gasteiger partial charge in [0.1, 0.15) is 0 Å². The first-order chi connectivity index (χ1) is 7.06. The van der Waals surface area contributed by atoms with Crippen LogP contribution in [0, 0.1) is 0 Å². The summed E-state index contributed by atoms with van der Waals surface area (Å²) in [6.07, 6.45) is 0.473. The van der Waals surface area contributed by atoms with E-state index in [1.165, 1.54) is 16.4 Å². The normalized spacial score (nSPS) is 11.9. The van der Waals surface area contributed by atoms with Crippen LogP contribution >= 0.6 is 0 Å². The SMILES string of the molecule is CCN(CC)S(=O)(=O)c1ccc(C=O)o1. The third-order valence-corrected chi connectivity index (χ3v) is 3.94. The topological polar surface area (TPSA) is 67.6 Å². The highest BCUT2D eigenvalue weighted by molar-refractivity contribution is 7.89. The van der Waals surface area contributed by atoms with Crippen LogP contribution in [-0.4, -0.2) is 32.1 Å². The smallest absolute Gasteiger partial charge is 0.276 e. The molecule has 0 saturated carbocycles. The van der Waals surface area contributed by atoms with Gasteiger partial charge in [-0.05, 0) is 12.1 Å². The number of hydrogen-bond donors (Lipinski definition) is 0. The van der Waals surface area contributed by atoms with Crippen molar-refractivity contribution >= 4 is 16.3 Å². The van der Waals surface area contributed by atoms with E-state index in [2.05, 4.69) is 0 Å². The predicted octanol–water partition coefficient (Wildman–Crippen LogP) is 1.12. The van der Waals surface area contributed by atoms with E-state index in [-0.39, 0.29) is 10.9 Å². The molecule has 5 nitrogen and oxygen atoms in total. The minimum absolute atomic E-state index is 0.0146. The minimum atomic E-state index is -3.58. The summed E-state index contributed by atoms with van der Waals surface area (Å²) in [5.41, 5.74) is 0. The van der Waals surface area contributed by atoms with Crippen LogP contribution in [0.5, 0.6) is 0 Å². The third-order valence-electron chi connectivity index (χ3n) is 2.02. The highest BCUT2D eigenvalue weighted by Crippen LogP contribution is 2.17. The van der Waals surface area contributed by atoms with Crippen molar-refractivity contribution < 1.29 is 17.6 Å². The number of sulfonamides is 1. The second-order valence-corrected chi connectivity index (χ2v) is 4.73. The molecule has 0 unspecified atom stereocenters. The fourth-order valence-electron chi connectivity index (χ4n) is 1.23. The molecular weight excluding hydrogens is 218 g/mol. The van der Waals surface area contributed by atoms with E-state index in [0.717, 1.165) is 0 Å². The van der Waals surface area contributed by atoms with E-state index in [1.807, 2.05) is 0 Å². The van der Waals surface area contributed by atoms with Crippen LogP contribution in [0.3, 0.4) is 0 Å². The quantitative estimate of drug-likeness (QED) is 0.712. The van der Waals surface area contributed by atoms with Crippen molar-refractivity contribution in [2.24, 2.45) is 0 Å². The maximum atomic E-state index is 11.8. The molecular formula is C9H13NO4S. The van der Waals surface area contributed by atoms with Crippen LogP contribution in [-0.2, 0) is 10.0 Å². The van der Waals surface area contributed by atoms with E-state index < -0.39 is 10.0 Å². The number of carbonyl (C=O) groups excluding carboxylic acids is 1. The molecule has 1 aromatic heterocycles. The zero-order valence-corrected chi connectivity index (χ0v) is 9.45. The summed E-state index contributed by atoms with van der Waals surface area (Å²) in [5, 5.41) is -0.187. The first kappa shape index (κ1) is 11.9. The number of hydrogen-bond acceptors (Lipinski definition) is 4. The molecule has 0 aliphatic carbocycles. The summed E-state index contributed by atoms with van der Waals surface area (Å²) in [4.78, 5) is 10.4. The molecule has 15 heavy (non-hydrogen) atoms. The minimum Gasteiger partial charge on any atom is -0.440 e. The van der Waals surface area contributed by atoms with E-state index in [4.69, 9.17) is 4.42 Å². The van der Waals surface area contributed by atoms with Gasteiger partial charge >= 0.3 is 0 Å². The second-order valence-electron chi connectivity index (χ2n) is 2.86. The molecule has 0 radical (unpaired) electrons. The largest absolute Gasteiger partial charge is 0.440 e. The monoisotopic (exact) mass is 231 g/mol. The van der Waals surface area contributed by atoms with Crippen LogP contribution in [0.1, 0.15) is 24.4 Å². The number of furan rings is 1. The number of carbonyl (C=O) groups is 1. The van der Waals surface area contributed by atoms with Gasteiger partial charge in [0.15, 0.2) is 12.0 Å². The molecule has 84 valence electrons. The van der Waals surface area contributed by atoms with Crippen molar-refractivity contribution in [3.05, 3.63) is 17.9 Å². The summed E-state index contributed by atoms with van der Waals surface area (Å²) >= 11 is 0. The Bertz CT molecular complexity index is 431. The van der Waals surface area contributed by atoms with E-state index >= 15 is 0 Å². The summed E-state index contributed by atoms with van der Waals surface area (Å²) in [6, 6.07) is 2.63. The van der Waals surface area contributed by atoms with Crippen LogP contribution in [0.15, 0.2) is 21.6 Å². The Morgan fingerprint density at radius 1 is 1.33 bits per heavy atom. The van der Waals surface area contributed by atoms with Crippen LogP contribution in [0.25, 0.3) is 0 Å². The van der Waals surface area contributed by atoms with Gasteiger partial charge in [-0.1, -0.05) is 13.8 Å². The van der Waals surface area contributed by atoms with Gasteiger partial charge in [0.05, 0.1) is 0 Å². The van der Waals surface area contributed by atoms with Gasteiger partial charge < -0.3 is 4.42 Å². The molecule has 0 saturated heterocycles. The Kier molecular flexibility index (Phi) is 3.65. The lowest BCUT2D eigenvalue weighted by molar-refractivity contribution is 0.109. The molecule has 0 fully saturated rings. The first-order valence-electron chi connectivity index (χ1n) is 4.61. The molecule has 0 aliphatic rings. The Balaban J connectivity index is 3.10. The molecule has 6 heteroatoms. The predicted molar refractivity (Wildman–Crippen MR) is 54.2 cm³/mol. The Hall–Kier alpha value is -1.14. The van der Waals surface area contributed by atoms with Crippen molar-refractivity contribution in [1.29, 1.82) is 0 Å². The maximum Gasteiger partial charge on any atom is 0.276 e. The summed E-state index contributed by atoms with van der Waals surface area (Å²) in [6.45, 7) is 4.22. The van der Waals surface area contributed by atoms with Crippen molar-refractivity contribution in [3.8, 4) is 0 Å². The third kappa shape index (κ3) is 2.27. The average Bonchev–Trinajstić information content (AvgIpc) is 2.67. The standard InChI is InChI=1S/C9H13NO4S/c1-3-10(4-2)15(12,13)9-6-5-8(7-11)14-9/h5-7H,3-4H2,1-2H3. The fourth-order valence-corrected chi connectivity index (χ4v) is 2.60. The van der Waals surface area contributed by atoms with Gasteiger partial charge in [-0.25, -0.2) is 8.42 Å². The van der Waals surface area contributed by atoms with Gasteiger partial charge in [0, 0.05) is 13.1 Å². The molecule has 0 aromatic carbocycles. The highest BCUT2D eigenvalue weighted by Gasteiger charge is 2.24. The Labute approximate surface area is 88.7 Å². The number of aldehydes is 1. The Morgan fingerprint density at radius 2 is 1.93 bits per heavy atom. The molecule has 0 atom stereocenters. The maximum absolute atomic E-state index is 11.8. The second kappa shape index (κ2) is 4.59. The van der Waals surface area contributed by atoms with Gasteiger partial charge in [0.25, 0.3) is 10.0 Å². The first-order valence-corrected chi connectivity index (χ1v) is 6.05. The summed E-state index contributed by atoms with van der Waals surface area (Å²) in [7, 11) is -3.58. The molecule has 0 amide bonds. The van der Waals surface area contributed by atoms with Gasteiger partial charge in [-0.2, -0.15) is 4.31 Å². The summed E-state index contributed by atoms with van der Waals surface area (Å²) in [5.74, 6) is 0.0146. The van der Waals surface area contributed by atoms with Crippen molar-refractivity contribution in [2.75, 3.05) is 13.1 Å². The van der Waals surface area contributed by atoms with Crippen LogP contribution in [0.2, 0.25) is 0 Å². The number of rotatable bonds is 5. The summed E-state index contributed by atoms with van der Waals surface area (Å²) < 4.78 is 29.8. The van der Waals surface area contributed by atoms with Crippen molar-refractivity contribution in [2.45, 2.75) is 18.9 Å². The van der Waals surface area contributed by atoms with Crippen LogP contribution < -0.4 is 0 Å². The molecule has 0 spiro atoms. The number of nitrogens with zero attached hydrogens (tertiary/aromatic N) is 1. The molecule has 1 aromatic rings. The van der Waals surface area contributed by atoms with E-state index in [1.54, 1.807) is 13.8 Å². The lowest BCUT2D eigenvalue weighted by Crippen LogP contribution is -2.30. The van der Waals surface area contributed by atoms with E-state index in [0.29, 0.717) is 19.4 Å². The molecule has 0 aliphatic heterocycles. The van der Waals surface area contributed by atoms with Gasteiger partial charge in [0.2, 0.25) is 5.09 Å². The Morgan fingerprint density at radius 3 is 2.33 bits per heavy atom.